The van der Waals surface area contributed by atoms with Crippen LogP contribution in [-0.2, 0) is 12.0 Å². The van der Waals surface area contributed by atoms with E-state index < -0.39 is 5.60 Å². The fraction of sp³-hybridized carbons (Fsp3) is 0.500. The average Bonchev–Trinajstić information content (AvgIpc) is 2.98. The van der Waals surface area contributed by atoms with E-state index in [4.69, 9.17) is 4.52 Å². The van der Waals surface area contributed by atoms with Crippen molar-refractivity contribution in [3.8, 4) is 11.4 Å². The van der Waals surface area contributed by atoms with Crippen LogP contribution in [0.2, 0.25) is 0 Å². The maximum Gasteiger partial charge on any atom is 0.260 e. The van der Waals surface area contributed by atoms with Crippen LogP contribution < -0.4 is 5.32 Å². The zero-order chi connectivity index (χ0) is 14.0. The molecule has 0 radical (unpaired) electrons. The third-order valence-electron chi connectivity index (χ3n) is 3.71. The Hall–Kier alpha value is -1.79. The minimum atomic E-state index is -1.05. The first-order valence-corrected chi connectivity index (χ1v) is 6.93. The van der Waals surface area contributed by atoms with Gasteiger partial charge < -0.3 is 14.9 Å². The Morgan fingerprint density at radius 1 is 1.50 bits per heavy atom. The van der Waals surface area contributed by atoms with Crippen molar-refractivity contribution < 1.29 is 9.63 Å². The van der Waals surface area contributed by atoms with Crippen molar-refractivity contribution in [1.29, 1.82) is 0 Å². The number of nitrogens with zero attached hydrogens (tertiary/aromatic N) is 3. The van der Waals surface area contributed by atoms with Crippen LogP contribution in [0.3, 0.4) is 0 Å². The first-order valence-electron chi connectivity index (χ1n) is 6.93. The highest BCUT2D eigenvalue weighted by atomic mass is 16.5. The molecule has 0 aromatic carbocycles. The van der Waals surface area contributed by atoms with Gasteiger partial charge in [-0.15, -0.1) is 0 Å². The maximum absolute atomic E-state index is 10.6. The van der Waals surface area contributed by atoms with E-state index in [2.05, 4.69) is 27.4 Å². The van der Waals surface area contributed by atoms with Crippen molar-refractivity contribution in [1.82, 2.24) is 20.4 Å². The van der Waals surface area contributed by atoms with Crippen LogP contribution in [0.25, 0.3) is 11.4 Å². The Morgan fingerprint density at radius 2 is 2.40 bits per heavy atom. The topological polar surface area (TPSA) is 84.1 Å². The number of pyridine rings is 1. The lowest BCUT2D eigenvalue weighted by molar-refractivity contribution is -0.0167. The minimum absolute atomic E-state index is 0.290. The molecule has 2 N–H and O–H groups in total. The van der Waals surface area contributed by atoms with Gasteiger partial charge in [-0.1, -0.05) is 12.1 Å². The van der Waals surface area contributed by atoms with Crippen molar-refractivity contribution in [3.63, 3.8) is 0 Å². The van der Waals surface area contributed by atoms with E-state index in [0.717, 1.165) is 30.5 Å². The molecular formula is C14H18N4O2. The lowest BCUT2D eigenvalue weighted by atomic mass is 9.94. The molecule has 106 valence electrons. The smallest absolute Gasteiger partial charge is 0.260 e. The molecule has 1 saturated heterocycles. The van der Waals surface area contributed by atoms with Gasteiger partial charge in [-0.05, 0) is 37.4 Å². The fourth-order valence-electron chi connectivity index (χ4n) is 2.52. The van der Waals surface area contributed by atoms with E-state index in [-0.39, 0.29) is 0 Å². The molecule has 0 bridgehead atoms. The lowest BCUT2D eigenvalue weighted by Gasteiger charge is -2.28. The normalized spacial score (nSPS) is 22.9. The van der Waals surface area contributed by atoms with Crippen LogP contribution in [0.5, 0.6) is 0 Å². The predicted octanol–water partition coefficient (Wildman–Crippen LogP) is 1.26. The van der Waals surface area contributed by atoms with E-state index in [1.54, 1.807) is 6.20 Å². The molecule has 1 unspecified atom stereocenters. The summed E-state index contributed by atoms with van der Waals surface area (Å²) >= 11 is 0. The zero-order valence-corrected chi connectivity index (χ0v) is 11.5. The van der Waals surface area contributed by atoms with E-state index in [1.165, 1.54) is 0 Å². The summed E-state index contributed by atoms with van der Waals surface area (Å²) in [6, 6.07) is 1.87. The fourth-order valence-corrected chi connectivity index (χ4v) is 2.52. The van der Waals surface area contributed by atoms with Crippen LogP contribution >= 0.6 is 0 Å². The lowest BCUT2D eigenvalue weighted by Crippen LogP contribution is -2.43. The van der Waals surface area contributed by atoms with Gasteiger partial charge in [-0.3, -0.25) is 4.98 Å². The second kappa shape index (κ2) is 5.30. The summed E-state index contributed by atoms with van der Waals surface area (Å²) in [6.07, 6.45) is 5.89. The molecule has 1 aliphatic heterocycles. The molecule has 6 heteroatoms. The summed E-state index contributed by atoms with van der Waals surface area (Å²) < 4.78 is 5.29. The summed E-state index contributed by atoms with van der Waals surface area (Å²) in [6.45, 7) is 3.42. The summed E-state index contributed by atoms with van der Waals surface area (Å²) in [7, 11) is 0. The number of hydrogen-bond donors (Lipinski definition) is 2. The standard InChI is InChI=1S/C14H18N4O2/c1-2-10-8-15-7-4-11(10)12-17-13(20-18-12)14(19)5-3-6-16-9-14/h4,7-8,16,19H,2-3,5-6,9H2,1H3. The van der Waals surface area contributed by atoms with E-state index in [9.17, 15) is 5.11 Å². The molecule has 3 rings (SSSR count). The molecule has 6 nitrogen and oxygen atoms in total. The minimum Gasteiger partial charge on any atom is -0.379 e. The number of piperidine rings is 1. The number of hydrogen-bond acceptors (Lipinski definition) is 6. The van der Waals surface area contributed by atoms with Crippen molar-refractivity contribution in [2.45, 2.75) is 31.8 Å². The van der Waals surface area contributed by atoms with Gasteiger partial charge in [0.05, 0.1) is 0 Å². The number of aromatic nitrogens is 3. The molecule has 0 spiro atoms. The Bertz CT molecular complexity index is 590. The van der Waals surface area contributed by atoms with Gasteiger partial charge in [0.2, 0.25) is 5.82 Å². The largest absolute Gasteiger partial charge is 0.379 e. The van der Waals surface area contributed by atoms with E-state index in [1.807, 2.05) is 12.3 Å². The predicted molar refractivity (Wildman–Crippen MR) is 72.9 cm³/mol. The monoisotopic (exact) mass is 274 g/mol. The van der Waals surface area contributed by atoms with E-state index >= 15 is 0 Å². The molecule has 2 aromatic heterocycles. The van der Waals surface area contributed by atoms with Crippen LogP contribution in [0.15, 0.2) is 23.0 Å². The SMILES string of the molecule is CCc1cnccc1-c1noc(C2(O)CCCNC2)n1. The first kappa shape index (κ1) is 13.2. The molecule has 1 aliphatic rings. The molecule has 1 atom stereocenters. The van der Waals surface area contributed by atoms with Gasteiger partial charge >= 0.3 is 0 Å². The maximum atomic E-state index is 10.6. The molecule has 0 saturated carbocycles. The summed E-state index contributed by atoms with van der Waals surface area (Å²) in [5, 5.41) is 17.7. The molecule has 20 heavy (non-hydrogen) atoms. The first-order chi connectivity index (χ1) is 9.73. The molecule has 1 fully saturated rings. The molecule has 0 amide bonds. The van der Waals surface area contributed by atoms with Crippen LogP contribution in [0.4, 0.5) is 0 Å². The second-order valence-corrected chi connectivity index (χ2v) is 5.12. The van der Waals surface area contributed by atoms with Crippen LogP contribution in [-0.4, -0.2) is 33.3 Å². The number of β-amino-alcohol motifs (C(OH)–C–C–N with tert-alkyl or cyclic N) is 1. The summed E-state index contributed by atoms with van der Waals surface area (Å²) in [4.78, 5) is 8.50. The number of rotatable bonds is 3. The van der Waals surface area contributed by atoms with Crippen LogP contribution in [0, 0.1) is 0 Å². The van der Waals surface area contributed by atoms with Gasteiger partial charge in [0, 0.05) is 24.5 Å². The highest BCUT2D eigenvalue weighted by Gasteiger charge is 2.37. The Kier molecular flexibility index (Phi) is 3.50. The van der Waals surface area contributed by atoms with Crippen molar-refractivity contribution in [2.24, 2.45) is 0 Å². The van der Waals surface area contributed by atoms with Gasteiger partial charge in [0.15, 0.2) is 5.60 Å². The summed E-state index contributed by atoms with van der Waals surface area (Å²) in [5.41, 5.74) is 0.918. The Morgan fingerprint density at radius 3 is 3.15 bits per heavy atom. The number of aryl methyl sites for hydroxylation is 1. The zero-order valence-electron chi connectivity index (χ0n) is 11.5. The quantitative estimate of drug-likeness (QED) is 0.876. The number of nitrogens with one attached hydrogen (secondary N) is 1. The average molecular weight is 274 g/mol. The van der Waals surface area contributed by atoms with Crippen molar-refractivity contribution in [3.05, 3.63) is 29.9 Å². The molecule has 2 aromatic rings. The van der Waals surface area contributed by atoms with Gasteiger partial charge in [-0.25, -0.2) is 0 Å². The van der Waals surface area contributed by atoms with Gasteiger partial charge in [-0.2, -0.15) is 4.98 Å². The summed E-state index contributed by atoms with van der Waals surface area (Å²) in [5.74, 6) is 0.803. The third-order valence-corrected chi connectivity index (χ3v) is 3.71. The second-order valence-electron chi connectivity index (χ2n) is 5.12. The highest BCUT2D eigenvalue weighted by molar-refractivity contribution is 5.58. The van der Waals surface area contributed by atoms with Crippen LogP contribution in [0.1, 0.15) is 31.2 Å². The van der Waals surface area contributed by atoms with Crippen molar-refractivity contribution in [2.75, 3.05) is 13.1 Å². The van der Waals surface area contributed by atoms with Crippen molar-refractivity contribution >= 4 is 0 Å². The number of aliphatic hydroxyl groups is 1. The third kappa shape index (κ3) is 2.32. The Balaban J connectivity index is 1.94. The Labute approximate surface area is 117 Å². The van der Waals surface area contributed by atoms with E-state index in [0.29, 0.717) is 24.7 Å². The van der Waals surface area contributed by atoms with Gasteiger partial charge in [0.25, 0.3) is 5.89 Å². The molecule has 3 heterocycles. The molecular weight excluding hydrogens is 256 g/mol. The van der Waals surface area contributed by atoms with Gasteiger partial charge in [0.1, 0.15) is 0 Å². The highest BCUT2D eigenvalue weighted by Crippen LogP contribution is 2.29. The molecule has 0 aliphatic carbocycles.